The minimum atomic E-state index is -0.925. The van der Waals surface area contributed by atoms with Crippen molar-refractivity contribution >= 4 is 33.3 Å². The van der Waals surface area contributed by atoms with Crippen molar-refractivity contribution in [2.45, 2.75) is 57.4 Å². The van der Waals surface area contributed by atoms with Gasteiger partial charge >= 0.3 is 5.97 Å². The van der Waals surface area contributed by atoms with E-state index in [4.69, 9.17) is 26.0 Å². The van der Waals surface area contributed by atoms with E-state index in [0.29, 0.717) is 29.4 Å². The standard InChI is InChI=1S/C30H30FN5O4S/c1-32-21-8-7-20(23(31)14-21)18-40-28-6-2-5-24(33-28)19-9-11-35(12-10-19)17-27-34-29-25(15-26(41-29)30(37)38)36(27)16-22-4-3-13-39-22/h2,5-8,14-15,19,22H,3-4,9-13,16-18H2,(H,37,38)/t22-/m0/s1. The minimum Gasteiger partial charge on any atom is -0.477 e. The first-order chi connectivity index (χ1) is 20.0. The predicted molar refractivity (Wildman–Crippen MR) is 152 cm³/mol. The van der Waals surface area contributed by atoms with Crippen LogP contribution in [0.25, 0.3) is 15.2 Å². The number of ether oxygens (including phenoxy) is 2. The number of likely N-dealkylation sites (tertiary alicyclic amines) is 1. The number of hydrogen-bond donors (Lipinski definition) is 1. The Morgan fingerprint density at radius 3 is 2.78 bits per heavy atom. The Kier molecular flexibility index (Phi) is 7.96. The molecule has 2 saturated heterocycles. The van der Waals surface area contributed by atoms with Gasteiger partial charge in [-0.15, -0.1) is 11.3 Å². The Balaban J connectivity index is 1.09. The molecule has 5 heterocycles. The second-order valence-corrected chi connectivity index (χ2v) is 11.5. The van der Waals surface area contributed by atoms with Crippen LogP contribution in [0.2, 0.25) is 0 Å². The molecule has 0 radical (unpaired) electrons. The summed E-state index contributed by atoms with van der Waals surface area (Å²) in [7, 11) is 0. The third-order valence-corrected chi connectivity index (χ3v) is 8.81. The van der Waals surface area contributed by atoms with E-state index in [0.717, 1.165) is 67.2 Å². The van der Waals surface area contributed by atoms with Crippen molar-refractivity contribution in [1.82, 2.24) is 19.4 Å². The topological polar surface area (TPSA) is 94.1 Å². The summed E-state index contributed by atoms with van der Waals surface area (Å²) in [5.74, 6) is 0.307. The Labute approximate surface area is 241 Å². The van der Waals surface area contributed by atoms with Gasteiger partial charge in [-0.2, -0.15) is 0 Å². The molecule has 0 unspecified atom stereocenters. The normalized spacial score (nSPS) is 18.1. The first-order valence-corrected chi connectivity index (χ1v) is 14.6. The number of carbonyl (C=O) groups is 1. The van der Waals surface area contributed by atoms with E-state index in [9.17, 15) is 14.3 Å². The number of benzene rings is 1. The van der Waals surface area contributed by atoms with Gasteiger partial charge in [-0.25, -0.2) is 24.0 Å². The number of rotatable bonds is 9. The van der Waals surface area contributed by atoms with Gasteiger partial charge in [-0.3, -0.25) is 4.90 Å². The fourth-order valence-corrected chi connectivity index (χ4v) is 6.47. The molecule has 41 heavy (non-hydrogen) atoms. The monoisotopic (exact) mass is 575 g/mol. The van der Waals surface area contributed by atoms with Gasteiger partial charge in [-0.05, 0) is 57.0 Å². The van der Waals surface area contributed by atoms with E-state index in [2.05, 4.69) is 14.3 Å². The summed E-state index contributed by atoms with van der Waals surface area (Å²) in [6.45, 7) is 11.0. The molecule has 2 fully saturated rings. The van der Waals surface area contributed by atoms with Crippen LogP contribution in [0.1, 0.15) is 58.4 Å². The maximum absolute atomic E-state index is 14.2. The van der Waals surface area contributed by atoms with Gasteiger partial charge in [0.1, 0.15) is 28.0 Å². The lowest BCUT2D eigenvalue weighted by Gasteiger charge is -2.31. The van der Waals surface area contributed by atoms with Crippen LogP contribution in [0.3, 0.4) is 0 Å². The molecular formula is C30H30FN5O4S. The van der Waals surface area contributed by atoms with E-state index < -0.39 is 11.8 Å². The summed E-state index contributed by atoms with van der Waals surface area (Å²) >= 11 is 1.22. The van der Waals surface area contributed by atoms with Crippen molar-refractivity contribution in [3.63, 3.8) is 0 Å². The largest absolute Gasteiger partial charge is 0.477 e. The van der Waals surface area contributed by atoms with E-state index >= 15 is 0 Å². The zero-order valence-electron chi connectivity index (χ0n) is 22.5. The van der Waals surface area contributed by atoms with E-state index in [-0.39, 0.29) is 24.3 Å². The first-order valence-electron chi connectivity index (χ1n) is 13.8. The Bertz CT molecular complexity index is 1600. The van der Waals surface area contributed by atoms with Gasteiger partial charge in [0, 0.05) is 29.8 Å². The molecule has 1 N–H and O–H groups in total. The van der Waals surface area contributed by atoms with E-state index in [1.165, 1.54) is 17.4 Å². The quantitative estimate of drug-likeness (QED) is 0.244. The highest BCUT2D eigenvalue weighted by atomic mass is 32.1. The molecule has 9 nitrogen and oxygen atoms in total. The minimum absolute atomic E-state index is 0.0446. The molecule has 6 rings (SSSR count). The highest BCUT2D eigenvalue weighted by Gasteiger charge is 2.26. The fourth-order valence-electron chi connectivity index (χ4n) is 5.58. The zero-order chi connectivity index (χ0) is 28.3. The van der Waals surface area contributed by atoms with Crippen molar-refractivity contribution in [1.29, 1.82) is 0 Å². The summed E-state index contributed by atoms with van der Waals surface area (Å²) in [6.07, 6.45) is 4.04. The molecule has 3 aromatic heterocycles. The van der Waals surface area contributed by atoms with Gasteiger partial charge < -0.3 is 19.1 Å². The lowest BCUT2D eigenvalue weighted by molar-refractivity contribution is 0.0702. The van der Waals surface area contributed by atoms with Crippen LogP contribution in [0.5, 0.6) is 5.88 Å². The van der Waals surface area contributed by atoms with Gasteiger partial charge in [0.25, 0.3) is 0 Å². The number of pyridine rings is 1. The SMILES string of the molecule is [C-]#[N+]c1ccc(COc2cccc(C3CCN(Cc4nc5sc(C(=O)O)cc5n4C[C@@H]4CCCO4)CC3)n2)c(F)c1. The predicted octanol–water partition coefficient (Wildman–Crippen LogP) is 6.02. The summed E-state index contributed by atoms with van der Waals surface area (Å²) in [6, 6.07) is 11.8. The molecule has 11 heteroatoms. The number of halogens is 1. The summed E-state index contributed by atoms with van der Waals surface area (Å²) in [4.78, 5) is 27.8. The number of thiophene rings is 1. The molecule has 0 spiro atoms. The van der Waals surface area contributed by atoms with Crippen molar-refractivity contribution in [3.8, 4) is 5.88 Å². The fraction of sp³-hybridized carbons (Fsp3) is 0.400. The molecule has 0 bridgehead atoms. The number of hydrogen-bond acceptors (Lipinski definition) is 7. The van der Waals surface area contributed by atoms with E-state index in [1.807, 2.05) is 12.1 Å². The maximum Gasteiger partial charge on any atom is 0.346 e. The average Bonchev–Trinajstić information content (AvgIpc) is 3.72. The first kappa shape index (κ1) is 27.3. The highest BCUT2D eigenvalue weighted by Crippen LogP contribution is 2.32. The van der Waals surface area contributed by atoms with Gasteiger partial charge in [0.05, 0.1) is 31.3 Å². The molecule has 1 aromatic carbocycles. The third kappa shape index (κ3) is 6.10. The van der Waals surface area contributed by atoms with Crippen LogP contribution < -0.4 is 4.74 Å². The van der Waals surface area contributed by atoms with Crippen molar-refractivity contribution in [2.75, 3.05) is 19.7 Å². The second kappa shape index (κ2) is 11.9. The van der Waals surface area contributed by atoms with E-state index in [1.54, 1.807) is 24.3 Å². The highest BCUT2D eigenvalue weighted by molar-refractivity contribution is 7.20. The number of fused-ring (bicyclic) bond motifs is 1. The van der Waals surface area contributed by atoms with Crippen molar-refractivity contribution in [2.24, 2.45) is 0 Å². The summed E-state index contributed by atoms with van der Waals surface area (Å²) < 4.78 is 28.1. The smallest absolute Gasteiger partial charge is 0.346 e. The maximum atomic E-state index is 14.2. The van der Waals surface area contributed by atoms with Crippen LogP contribution in [0, 0.1) is 12.4 Å². The van der Waals surface area contributed by atoms with Crippen LogP contribution in [-0.2, 0) is 24.4 Å². The molecule has 0 saturated carbocycles. The summed E-state index contributed by atoms with van der Waals surface area (Å²) in [5, 5.41) is 9.46. The zero-order valence-corrected chi connectivity index (χ0v) is 23.3. The third-order valence-electron chi connectivity index (χ3n) is 7.80. The second-order valence-electron chi connectivity index (χ2n) is 10.5. The number of nitrogens with zero attached hydrogens (tertiary/aromatic N) is 5. The number of aromatic nitrogens is 3. The van der Waals surface area contributed by atoms with Crippen LogP contribution in [0.4, 0.5) is 10.1 Å². The number of aromatic carboxylic acids is 1. The van der Waals surface area contributed by atoms with Crippen LogP contribution >= 0.6 is 11.3 Å². The number of piperidine rings is 1. The van der Waals surface area contributed by atoms with Gasteiger partial charge in [0.15, 0.2) is 5.69 Å². The average molecular weight is 576 g/mol. The van der Waals surface area contributed by atoms with Crippen LogP contribution in [0.15, 0.2) is 42.5 Å². The Morgan fingerprint density at radius 1 is 1.20 bits per heavy atom. The summed E-state index contributed by atoms with van der Waals surface area (Å²) in [5.41, 5.74) is 2.48. The lowest BCUT2D eigenvalue weighted by Crippen LogP contribution is -2.34. The lowest BCUT2D eigenvalue weighted by atomic mass is 9.93. The molecule has 0 amide bonds. The molecule has 4 aromatic rings. The molecule has 1 atom stereocenters. The van der Waals surface area contributed by atoms with Crippen molar-refractivity contribution in [3.05, 3.63) is 81.7 Å². The molecular weight excluding hydrogens is 545 g/mol. The molecule has 0 aliphatic carbocycles. The van der Waals surface area contributed by atoms with Crippen LogP contribution in [-0.4, -0.2) is 56.3 Å². The number of imidazole rings is 1. The Hall–Kier alpha value is -3.85. The molecule has 2 aliphatic heterocycles. The van der Waals surface area contributed by atoms with Gasteiger partial charge in [0.2, 0.25) is 5.88 Å². The van der Waals surface area contributed by atoms with Gasteiger partial charge in [-0.1, -0.05) is 18.2 Å². The van der Waals surface area contributed by atoms with Crippen molar-refractivity contribution < 1.29 is 23.8 Å². The Morgan fingerprint density at radius 2 is 2.05 bits per heavy atom. The number of carboxylic acid groups (broad SMARTS) is 1. The number of carboxylic acids is 1. The molecule has 212 valence electrons. The molecule has 2 aliphatic rings.